The van der Waals surface area contributed by atoms with Gasteiger partial charge in [-0.2, -0.15) is 0 Å². The predicted molar refractivity (Wildman–Crippen MR) is 122 cm³/mol. The van der Waals surface area contributed by atoms with Crippen LogP contribution in [0.25, 0.3) is 43.1 Å². The average Bonchev–Trinajstić information content (AvgIpc) is 3.31. The Hall–Kier alpha value is -2.19. The van der Waals surface area contributed by atoms with Gasteiger partial charge >= 0.3 is 37.7 Å². The zero-order valence-corrected chi connectivity index (χ0v) is 17.7. The van der Waals surface area contributed by atoms with Crippen LogP contribution in [0.15, 0.2) is 97.1 Å². The van der Waals surface area contributed by atoms with E-state index in [2.05, 4.69) is 97.1 Å². The van der Waals surface area contributed by atoms with Crippen LogP contribution in [0.2, 0.25) is 0 Å². The molecular formula is C28H20Li2. The molecule has 0 atom stereocenters. The first-order valence-corrected chi connectivity index (χ1v) is 10.0. The van der Waals surface area contributed by atoms with Gasteiger partial charge in [0.25, 0.3) is 0 Å². The number of aryl methyl sites for hydroxylation is 2. The molecule has 6 rings (SSSR count). The Bertz CT molecular complexity index is 1350. The van der Waals surface area contributed by atoms with Crippen LogP contribution < -0.4 is 37.7 Å². The van der Waals surface area contributed by atoms with Gasteiger partial charge < -0.3 is 0 Å². The normalized spacial score (nSPS) is 11.1. The summed E-state index contributed by atoms with van der Waals surface area (Å²) < 4.78 is 0. The van der Waals surface area contributed by atoms with Crippen molar-refractivity contribution in [3.8, 4) is 0 Å². The van der Waals surface area contributed by atoms with Crippen molar-refractivity contribution >= 4 is 43.1 Å². The van der Waals surface area contributed by atoms with Gasteiger partial charge in [-0.1, -0.05) is 85.6 Å². The van der Waals surface area contributed by atoms with E-state index in [1.807, 2.05) is 0 Å². The van der Waals surface area contributed by atoms with E-state index in [4.69, 9.17) is 0 Å². The van der Waals surface area contributed by atoms with E-state index in [1.54, 1.807) is 0 Å². The monoisotopic (exact) mass is 370 g/mol. The Morgan fingerprint density at radius 3 is 1.30 bits per heavy atom. The minimum atomic E-state index is 0. The summed E-state index contributed by atoms with van der Waals surface area (Å²) in [5.74, 6) is 0. The summed E-state index contributed by atoms with van der Waals surface area (Å²) in [4.78, 5) is 0. The average molecular weight is 370 g/mol. The van der Waals surface area contributed by atoms with Gasteiger partial charge in [0.2, 0.25) is 0 Å². The predicted octanol–water partition coefficient (Wildman–Crippen LogP) is 1.53. The number of hydrogen-bond donors (Lipinski definition) is 0. The van der Waals surface area contributed by atoms with Crippen molar-refractivity contribution in [3.63, 3.8) is 0 Å². The molecule has 0 N–H and O–H groups in total. The third-order valence-corrected chi connectivity index (χ3v) is 6.16. The largest absolute Gasteiger partial charge is 1.00 e. The van der Waals surface area contributed by atoms with Crippen molar-refractivity contribution in [1.29, 1.82) is 0 Å². The molecule has 0 aliphatic heterocycles. The van der Waals surface area contributed by atoms with Crippen molar-refractivity contribution < 1.29 is 37.7 Å². The first kappa shape index (κ1) is 21.1. The van der Waals surface area contributed by atoms with Gasteiger partial charge in [0.1, 0.15) is 0 Å². The summed E-state index contributed by atoms with van der Waals surface area (Å²) in [5.41, 5.74) is 2.89. The van der Waals surface area contributed by atoms with Crippen LogP contribution in [-0.4, -0.2) is 0 Å². The van der Waals surface area contributed by atoms with E-state index in [1.165, 1.54) is 54.2 Å². The van der Waals surface area contributed by atoms with Gasteiger partial charge in [0, 0.05) is 0 Å². The molecule has 30 heavy (non-hydrogen) atoms. The van der Waals surface area contributed by atoms with Crippen molar-refractivity contribution in [2.24, 2.45) is 0 Å². The summed E-state index contributed by atoms with van der Waals surface area (Å²) >= 11 is 0. The van der Waals surface area contributed by atoms with E-state index < -0.39 is 0 Å². The summed E-state index contributed by atoms with van der Waals surface area (Å²) in [6.45, 7) is 0. The molecule has 0 aliphatic carbocycles. The molecule has 0 saturated heterocycles. The zero-order chi connectivity index (χ0) is 18.5. The van der Waals surface area contributed by atoms with Crippen LogP contribution in [-0.2, 0) is 12.8 Å². The number of fused-ring (bicyclic) bond motifs is 6. The molecule has 0 bridgehead atoms. The molecule has 0 aliphatic rings. The van der Waals surface area contributed by atoms with Crippen LogP contribution in [0.3, 0.4) is 0 Å². The fraction of sp³-hybridized carbons (Fsp3) is 0.0714. The number of rotatable bonds is 3. The molecular weight excluding hydrogens is 350 g/mol. The summed E-state index contributed by atoms with van der Waals surface area (Å²) in [6.07, 6.45) is 2.13. The zero-order valence-electron chi connectivity index (χ0n) is 17.7. The minimum Gasteiger partial charge on any atom is -0.126 e. The van der Waals surface area contributed by atoms with Gasteiger partial charge in [-0.25, -0.2) is 0 Å². The van der Waals surface area contributed by atoms with E-state index in [9.17, 15) is 0 Å². The van der Waals surface area contributed by atoms with Gasteiger partial charge in [0.05, 0.1) is 0 Å². The number of benzene rings is 4. The first-order valence-electron chi connectivity index (χ1n) is 10.0. The summed E-state index contributed by atoms with van der Waals surface area (Å²) in [5, 5.41) is 11.0. The summed E-state index contributed by atoms with van der Waals surface area (Å²) in [6, 6.07) is 35.7. The Kier molecular flexibility index (Phi) is 5.98. The van der Waals surface area contributed by atoms with Crippen LogP contribution >= 0.6 is 0 Å². The Morgan fingerprint density at radius 1 is 0.433 bits per heavy atom. The fourth-order valence-electron chi connectivity index (χ4n) is 4.79. The Labute approximate surface area is 201 Å². The fourth-order valence-corrected chi connectivity index (χ4v) is 4.79. The Morgan fingerprint density at radius 2 is 0.833 bits per heavy atom. The molecule has 6 aromatic rings. The van der Waals surface area contributed by atoms with Crippen molar-refractivity contribution in [1.82, 2.24) is 0 Å². The molecule has 2 heteroatoms. The molecule has 0 radical (unpaired) electrons. The summed E-state index contributed by atoms with van der Waals surface area (Å²) in [7, 11) is 0. The van der Waals surface area contributed by atoms with Gasteiger partial charge in [-0.3, -0.25) is 0 Å². The van der Waals surface area contributed by atoms with Gasteiger partial charge in [-0.15, -0.1) is 78.5 Å². The molecule has 134 valence electrons. The van der Waals surface area contributed by atoms with E-state index in [-0.39, 0.29) is 37.7 Å². The maximum absolute atomic E-state index is 2.36. The molecule has 0 unspecified atom stereocenters. The van der Waals surface area contributed by atoms with Crippen molar-refractivity contribution in [2.75, 3.05) is 0 Å². The molecule has 0 aromatic heterocycles. The topological polar surface area (TPSA) is 0 Å². The van der Waals surface area contributed by atoms with Crippen LogP contribution in [0.5, 0.6) is 0 Å². The molecule has 0 heterocycles. The first-order chi connectivity index (χ1) is 13.9. The Balaban J connectivity index is 0.00000109. The standard InChI is InChI=1S/C28H20.2Li/c1-3-11-23-21(7-1)17-27-19(9-5-13-25(23)27)15-16-20-10-6-14-26-24-12-4-2-8-22(24)18-28(20)26;;/h1-14,17-18H,15-16H2;;/q-2;2*+1. The molecule has 0 fully saturated rings. The second-order valence-electron chi connectivity index (χ2n) is 7.72. The van der Waals surface area contributed by atoms with Crippen LogP contribution in [0, 0.1) is 0 Å². The van der Waals surface area contributed by atoms with E-state index in [0.29, 0.717) is 0 Å². The second-order valence-corrected chi connectivity index (χ2v) is 7.72. The molecule has 0 saturated carbocycles. The SMILES string of the molecule is [Li+].[Li+].c1ccc2c(c1)[cH-]c1c(CCc3cccc4c3[cH-]c3ccccc34)cccc12. The van der Waals surface area contributed by atoms with E-state index >= 15 is 0 Å². The van der Waals surface area contributed by atoms with Crippen molar-refractivity contribution in [2.45, 2.75) is 12.8 Å². The smallest absolute Gasteiger partial charge is 0.126 e. The molecule has 0 spiro atoms. The molecule has 6 aromatic carbocycles. The van der Waals surface area contributed by atoms with Gasteiger partial charge in [-0.05, 0) is 0 Å². The molecule has 0 amide bonds. The number of hydrogen-bond acceptors (Lipinski definition) is 0. The van der Waals surface area contributed by atoms with E-state index in [0.717, 1.165) is 12.8 Å². The maximum Gasteiger partial charge on any atom is 1.00 e. The minimum absolute atomic E-state index is 0. The molecule has 0 nitrogen and oxygen atoms in total. The third kappa shape index (κ3) is 3.36. The third-order valence-electron chi connectivity index (χ3n) is 6.16. The maximum atomic E-state index is 2.36. The van der Waals surface area contributed by atoms with Gasteiger partial charge in [0.15, 0.2) is 0 Å². The quantitative estimate of drug-likeness (QED) is 0.327. The van der Waals surface area contributed by atoms with Crippen LogP contribution in [0.1, 0.15) is 11.1 Å². The van der Waals surface area contributed by atoms with Crippen LogP contribution in [0.4, 0.5) is 0 Å². The van der Waals surface area contributed by atoms with Crippen molar-refractivity contribution in [3.05, 3.63) is 108 Å². The second kappa shape index (κ2) is 8.51.